The fraction of sp³-hybridized carbons (Fsp3) is 0.385. The van der Waals surface area contributed by atoms with Crippen molar-refractivity contribution in [2.24, 2.45) is 0 Å². The lowest BCUT2D eigenvalue weighted by atomic mass is 10.1. The summed E-state index contributed by atoms with van der Waals surface area (Å²) in [5, 5.41) is 2.66. The Morgan fingerprint density at radius 1 is 1.11 bits per heavy atom. The van der Waals surface area contributed by atoms with Crippen LogP contribution in [-0.2, 0) is 0 Å². The summed E-state index contributed by atoms with van der Waals surface area (Å²) in [6.45, 7) is 5.53. The molecule has 0 radical (unpaired) electrons. The quantitative estimate of drug-likeness (QED) is 0.708. The predicted molar refractivity (Wildman–Crippen MR) is 71.9 cm³/mol. The number of urea groups is 1. The number of benzene rings is 1. The van der Waals surface area contributed by atoms with Gasteiger partial charge >= 0.3 is 6.03 Å². The highest BCUT2D eigenvalue weighted by molar-refractivity contribution is 5.97. The molecule has 0 aromatic heterocycles. The van der Waals surface area contributed by atoms with Crippen LogP contribution in [0.3, 0.4) is 0 Å². The molecule has 0 heterocycles. The van der Waals surface area contributed by atoms with E-state index in [4.69, 9.17) is 4.74 Å². The van der Waals surface area contributed by atoms with Crippen molar-refractivity contribution in [1.82, 2.24) is 16.2 Å². The Morgan fingerprint density at radius 2 is 1.74 bits per heavy atom. The maximum absolute atomic E-state index is 11.9. The van der Waals surface area contributed by atoms with E-state index in [2.05, 4.69) is 16.2 Å². The molecule has 0 saturated carbocycles. The minimum absolute atomic E-state index is 0.348. The molecule has 0 aliphatic carbocycles. The summed E-state index contributed by atoms with van der Waals surface area (Å²) in [7, 11) is 1.48. The first-order valence-electron chi connectivity index (χ1n) is 5.85. The van der Waals surface area contributed by atoms with Gasteiger partial charge in [0.05, 0.1) is 12.7 Å². The number of carbonyl (C=O) groups excluding carboxylic acids is 2. The summed E-state index contributed by atoms with van der Waals surface area (Å²) < 4.78 is 5.06. The summed E-state index contributed by atoms with van der Waals surface area (Å²) in [4.78, 5) is 23.3. The van der Waals surface area contributed by atoms with Crippen molar-refractivity contribution in [1.29, 1.82) is 0 Å². The van der Waals surface area contributed by atoms with Crippen molar-refractivity contribution in [3.8, 4) is 5.75 Å². The number of para-hydroxylation sites is 1. The fourth-order valence-electron chi connectivity index (χ4n) is 1.38. The van der Waals surface area contributed by atoms with E-state index >= 15 is 0 Å². The van der Waals surface area contributed by atoms with Gasteiger partial charge in [0.1, 0.15) is 5.75 Å². The first-order chi connectivity index (χ1) is 8.83. The van der Waals surface area contributed by atoms with E-state index in [-0.39, 0.29) is 5.54 Å². The van der Waals surface area contributed by atoms with E-state index in [9.17, 15) is 9.59 Å². The third kappa shape index (κ3) is 4.87. The second-order valence-electron chi connectivity index (χ2n) is 4.98. The predicted octanol–water partition coefficient (Wildman–Crippen LogP) is 1.44. The van der Waals surface area contributed by atoms with Crippen LogP contribution in [0.5, 0.6) is 5.75 Å². The Bertz CT molecular complexity index is 466. The third-order valence-electron chi connectivity index (χ3n) is 2.13. The number of ether oxygens (including phenoxy) is 1. The van der Waals surface area contributed by atoms with Crippen LogP contribution >= 0.6 is 0 Å². The van der Waals surface area contributed by atoms with Gasteiger partial charge in [-0.05, 0) is 32.9 Å². The van der Waals surface area contributed by atoms with Gasteiger partial charge in [-0.25, -0.2) is 10.2 Å². The number of nitrogens with one attached hydrogen (secondary N) is 3. The molecule has 1 aromatic rings. The molecule has 3 amide bonds. The zero-order valence-corrected chi connectivity index (χ0v) is 11.5. The molecule has 0 saturated heterocycles. The molecule has 0 spiro atoms. The number of amides is 3. The molecule has 6 nitrogen and oxygen atoms in total. The standard InChI is InChI=1S/C13H19N3O3/c1-13(2,3)14-12(18)16-15-11(17)9-7-5-6-8-10(9)19-4/h5-8H,1-4H3,(H,15,17)(H2,14,16,18). The van der Waals surface area contributed by atoms with E-state index in [1.807, 2.05) is 20.8 Å². The Labute approximate surface area is 112 Å². The molecule has 6 heteroatoms. The summed E-state index contributed by atoms with van der Waals surface area (Å²) in [6, 6.07) is 6.28. The molecule has 1 aromatic carbocycles. The lowest BCUT2D eigenvalue weighted by Gasteiger charge is -2.20. The molecular formula is C13H19N3O3. The van der Waals surface area contributed by atoms with Crippen LogP contribution in [0.1, 0.15) is 31.1 Å². The van der Waals surface area contributed by atoms with Gasteiger partial charge in [0.2, 0.25) is 0 Å². The second-order valence-corrected chi connectivity index (χ2v) is 4.98. The van der Waals surface area contributed by atoms with Crippen LogP contribution in [0.4, 0.5) is 4.79 Å². The van der Waals surface area contributed by atoms with Crippen LogP contribution in [0, 0.1) is 0 Å². The van der Waals surface area contributed by atoms with Gasteiger partial charge in [-0.2, -0.15) is 0 Å². The first-order valence-corrected chi connectivity index (χ1v) is 5.85. The van der Waals surface area contributed by atoms with Crippen LogP contribution in [0.15, 0.2) is 24.3 Å². The van der Waals surface area contributed by atoms with Crippen molar-refractivity contribution >= 4 is 11.9 Å². The Kier molecular flexibility index (Phi) is 4.74. The molecule has 0 bridgehead atoms. The monoisotopic (exact) mass is 265 g/mol. The summed E-state index contributed by atoms with van der Waals surface area (Å²) in [6.07, 6.45) is 0. The lowest BCUT2D eigenvalue weighted by Crippen LogP contribution is -2.52. The molecule has 0 atom stereocenters. The van der Waals surface area contributed by atoms with E-state index in [1.54, 1.807) is 24.3 Å². The summed E-state index contributed by atoms with van der Waals surface area (Å²) in [5.74, 6) is -0.000427. The number of hydrogen-bond donors (Lipinski definition) is 3. The van der Waals surface area contributed by atoms with Crippen LogP contribution in [-0.4, -0.2) is 24.6 Å². The first kappa shape index (κ1) is 14.8. The van der Waals surface area contributed by atoms with Crippen molar-refractivity contribution < 1.29 is 14.3 Å². The number of rotatable bonds is 2. The molecule has 104 valence electrons. The molecule has 0 aliphatic rings. The van der Waals surface area contributed by atoms with E-state index in [0.717, 1.165) is 0 Å². The average molecular weight is 265 g/mol. The fourth-order valence-corrected chi connectivity index (χ4v) is 1.38. The molecule has 3 N–H and O–H groups in total. The molecule has 0 unspecified atom stereocenters. The Morgan fingerprint density at radius 3 is 2.32 bits per heavy atom. The van der Waals surface area contributed by atoms with Crippen LogP contribution in [0.2, 0.25) is 0 Å². The molecule has 0 fully saturated rings. The topological polar surface area (TPSA) is 79.5 Å². The minimum atomic E-state index is -0.476. The molecule has 1 rings (SSSR count). The van der Waals surface area contributed by atoms with Crippen molar-refractivity contribution in [2.75, 3.05) is 7.11 Å². The Hall–Kier alpha value is -2.24. The number of hydrazine groups is 1. The Balaban J connectivity index is 2.59. The summed E-state index contributed by atoms with van der Waals surface area (Å²) in [5.41, 5.74) is 4.57. The van der Waals surface area contributed by atoms with E-state index in [1.165, 1.54) is 7.11 Å². The third-order valence-corrected chi connectivity index (χ3v) is 2.13. The SMILES string of the molecule is COc1ccccc1C(=O)NNC(=O)NC(C)(C)C. The van der Waals surface area contributed by atoms with Crippen molar-refractivity contribution in [3.63, 3.8) is 0 Å². The maximum atomic E-state index is 11.9. The van der Waals surface area contributed by atoms with E-state index in [0.29, 0.717) is 11.3 Å². The number of hydrogen-bond acceptors (Lipinski definition) is 3. The van der Waals surface area contributed by atoms with E-state index < -0.39 is 11.9 Å². The smallest absolute Gasteiger partial charge is 0.333 e. The zero-order valence-electron chi connectivity index (χ0n) is 11.5. The minimum Gasteiger partial charge on any atom is -0.496 e. The van der Waals surface area contributed by atoms with Crippen LogP contribution < -0.4 is 20.9 Å². The molecular weight excluding hydrogens is 246 g/mol. The van der Waals surface area contributed by atoms with Gasteiger partial charge in [0, 0.05) is 5.54 Å². The highest BCUT2D eigenvalue weighted by atomic mass is 16.5. The second kappa shape index (κ2) is 6.08. The zero-order chi connectivity index (χ0) is 14.5. The van der Waals surface area contributed by atoms with Gasteiger partial charge in [0.15, 0.2) is 0 Å². The largest absolute Gasteiger partial charge is 0.496 e. The number of methoxy groups -OCH3 is 1. The van der Waals surface area contributed by atoms with Crippen molar-refractivity contribution in [3.05, 3.63) is 29.8 Å². The highest BCUT2D eigenvalue weighted by Gasteiger charge is 2.15. The lowest BCUT2D eigenvalue weighted by molar-refractivity contribution is 0.0932. The highest BCUT2D eigenvalue weighted by Crippen LogP contribution is 2.16. The van der Waals surface area contributed by atoms with Gasteiger partial charge in [-0.15, -0.1) is 0 Å². The van der Waals surface area contributed by atoms with Gasteiger partial charge in [-0.3, -0.25) is 10.2 Å². The van der Waals surface area contributed by atoms with Gasteiger partial charge < -0.3 is 10.1 Å². The van der Waals surface area contributed by atoms with Gasteiger partial charge in [-0.1, -0.05) is 12.1 Å². The van der Waals surface area contributed by atoms with Gasteiger partial charge in [0.25, 0.3) is 5.91 Å². The molecule has 0 aliphatic heterocycles. The maximum Gasteiger partial charge on any atom is 0.333 e. The van der Waals surface area contributed by atoms with Crippen LogP contribution in [0.25, 0.3) is 0 Å². The number of carbonyl (C=O) groups is 2. The average Bonchev–Trinajstić information content (AvgIpc) is 2.33. The normalized spacial score (nSPS) is 10.5. The van der Waals surface area contributed by atoms with Crippen molar-refractivity contribution in [2.45, 2.75) is 26.3 Å². The summed E-state index contributed by atoms with van der Waals surface area (Å²) >= 11 is 0. The molecule has 19 heavy (non-hydrogen) atoms.